The third-order valence-corrected chi connectivity index (χ3v) is 4.40. The van der Waals surface area contributed by atoms with Gasteiger partial charge in [0.25, 0.3) is 10.0 Å². The molecule has 1 heterocycles. The highest BCUT2D eigenvalue weighted by Crippen LogP contribution is 2.35. The number of aromatic nitrogens is 2. The van der Waals surface area contributed by atoms with E-state index in [4.69, 9.17) is 23.2 Å². The number of sulfonamides is 1. The molecule has 0 spiro atoms. The Bertz CT molecular complexity index is 650. The van der Waals surface area contributed by atoms with Gasteiger partial charge in [-0.25, -0.2) is 8.42 Å². The average molecular weight is 371 g/mol. The first-order valence-electron chi connectivity index (χ1n) is 4.56. The summed E-state index contributed by atoms with van der Waals surface area (Å²) in [5.41, 5.74) is 0.128. The summed E-state index contributed by atoms with van der Waals surface area (Å²) in [6.07, 6.45) is 2.44. The Morgan fingerprint density at radius 1 is 1.28 bits per heavy atom. The van der Waals surface area contributed by atoms with E-state index in [2.05, 4.69) is 30.8 Å². The maximum absolute atomic E-state index is 12.0. The number of rotatable bonds is 3. The van der Waals surface area contributed by atoms with Gasteiger partial charge in [-0.05, 0) is 12.1 Å². The Kier molecular flexibility index (Phi) is 3.86. The first-order valence-corrected chi connectivity index (χ1v) is 7.59. The number of benzene rings is 1. The zero-order chi connectivity index (χ0) is 13.3. The Labute approximate surface area is 122 Å². The number of hydrogen-bond donors (Lipinski definition) is 2. The zero-order valence-electron chi connectivity index (χ0n) is 8.62. The largest absolute Gasteiger partial charge is 0.284 e. The number of nitrogens with one attached hydrogen (secondary N) is 2. The molecule has 0 bridgehead atoms. The highest BCUT2D eigenvalue weighted by atomic mass is 79.9. The minimum atomic E-state index is -3.76. The smallest absolute Gasteiger partial charge is 0.265 e. The Morgan fingerprint density at radius 3 is 2.39 bits per heavy atom. The van der Waals surface area contributed by atoms with Crippen LogP contribution >= 0.6 is 39.1 Å². The molecule has 0 radical (unpaired) electrons. The normalized spacial score (nSPS) is 11.5. The van der Waals surface area contributed by atoms with Gasteiger partial charge in [-0.1, -0.05) is 39.1 Å². The molecule has 1 aromatic carbocycles. The van der Waals surface area contributed by atoms with Gasteiger partial charge in [0.1, 0.15) is 4.90 Å². The summed E-state index contributed by atoms with van der Waals surface area (Å²) in [6, 6.07) is 3.08. The van der Waals surface area contributed by atoms with Crippen LogP contribution in [0, 0.1) is 0 Å². The van der Waals surface area contributed by atoms with E-state index in [-0.39, 0.29) is 20.6 Å². The van der Waals surface area contributed by atoms with Crippen molar-refractivity contribution in [2.45, 2.75) is 4.90 Å². The predicted octanol–water partition coefficient (Wildman–Crippen LogP) is 3.28. The molecule has 18 heavy (non-hydrogen) atoms. The molecule has 0 saturated carbocycles. The molecule has 0 aliphatic carbocycles. The molecule has 0 saturated heterocycles. The van der Waals surface area contributed by atoms with Gasteiger partial charge in [0.05, 0.1) is 21.9 Å². The van der Waals surface area contributed by atoms with Crippen LogP contribution in [0.4, 0.5) is 5.69 Å². The van der Waals surface area contributed by atoms with Gasteiger partial charge in [-0.2, -0.15) is 5.10 Å². The lowest BCUT2D eigenvalue weighted by atomic mass is 10.3. The number of halogens is 3. The Morgan fingerprint density at radius 2 is 1.89 bits per heavy atom. The van der Waals surface area contributed by atoms with Crippen LogP contribution in [0.1, 0.15) is 0 Å². The van der Waals surface area contributed by atoms with Gasteiger partial charge in [0, 0.05) is 10.7 Å². The molecule has 2 rings (SSSR count). The topological polar surface area (TPSA) is 74.8 Å². The van der Waals surface area contributed by atoms with Crippen molar-refractivity contribution in [2.24, 2.45) is 0 Å². The molecule has 0 aliphatic heterocycles. The van der Waals surface area contributed by atoms with Crippen molar-refractivity contribution in [3.63, 3.8) is 0 Å². The SMILES string of the molecule is O=S(=O)(Nc1c(Cl)cc(Br)cc1Cl)c1cn[nH]c1. The minimum Gasteiger partial charge on any atom is -0.284 e. The van der Waals surface area contributed by atoms with Gasteiger partial charge in [-0.15, -0.1) is 0 Å². The van der Waals surface area contributed by atoms with Crippen LogP contribution in [0.3, 0.4) is 0 Å². The molecule has 96 valence electrons. The molecule has 5 nitrogen and oxygen atoms in total. The van der Waals surface area contributed by atoms with E-state index < -0.39 is 10.0 Å². The van der Waals surface area contributed by atoms with Crippen LogP contribution in [0.5, 0.6) is 0 Å². The third-order valence-electron chi connectivity index (χ3n) is 2.03. The molecule has 0 aliphatic rings. The molecule has 1 aromatic heterocycles. The molecule has 2 N–H and O–H groups in total. The Balaban J connectivity index is 2.42. The molecule has 0 amide bonds. The number of H-pyrrole nitrogens is 1. The standard InChI is InChI=1S/C9H6BrCl2N3O2S/c10-5-1-7(11)9(8(12)2-5)15-18(16,17)6-3-13-14-4-6/h1-4,15H,(H,13,14). The van der Waals surface area contributed by atoms with Crippen molar-refractivity contribution in [1.82, 2.24) is 10.2 Å². The second kappa shape index (κ2) is 5.08. The van der Waals surface area contributed by atoms with Crippen LogP contribution in [0.25, 0.3) is 0 Å². The van der Waals surface area contributed by atoms with Crippen molar-refractivity contribution in [3.8, 4) is 0 Å². The highest BCUT2D eigenvalue weighted by Gasteiger charge is 2.19. The number of anilines is 1. The third kappa shape index (κ3) is 2.80. The maximum atomic E-state index is 12.0. The quantitative estimate of drug-likeness (QED) is 0.870. The van der Waals surface area contributed by atoms with Crippen molar-refractivity contribution in [3.05, 3.63) is 39.0 Å². The molecular formula is C9H6BrCl2N3O2S. The lowest BCUT2D eigenvalue weighted by molar-refractivity contribution is 0.601. The molecule has 2 aromatic rings. The van der Waals surface area contributed by atoms with Gasteiger partial charge in [0.2, 0.25) is 0 Å². The van der Waals surface area contributed by atoms with E-state index in [9.17, 15) is 8.42 Å². The first-order chi connectivity index (χ1) is 8.40. The van der Waals surface area contributed by atoms with E-state index in [0.717, 1.165) is 0 Å². The number of aromatic amines is 1. The summed E-state index contributed by atoms with van der Waals surface area (Å²) in [5, 5.41) is 6.38. The van der Waals surface area contributed by atoms with E-state index in [0.29, 0.717) is 4.47 Å². The summed E-state index contributed by atoms with van der Waals surface area (Å²) < 4.78 is 26.9. The van der Waals surface area contributed by atoms with Crippen molar-refractivity contribution >= 4 is 54.8 Å². The lowest BCUT2D eigenvalue weighted by Crippen LogP contribution is -2.12. The fourth-order valence-corrected chi connectivity index (χ4v) is 3.64. The van der Waals surface area contributed by atoms with Crippen molar-refractivity contribution in [2.75, 3.05) is 4.72 Å². The second-order valence-corrected chi connectivity index (χ2v) is 6.70. The lowest BCUT2D eigenvalue weighted by Gasteiger charge is -2.10. The van der Waals surface area contributed by atoms with Crippen LogP contribution < -0.4 is 4.72 Å². The predicted molar refractivity (Wildman–Crippen MR) is 73.6 cm³/mol. The molecular weight excluding hydrogens is 365 g/mol. The fourth-order valence-electron chi connectivity index (χ4n) is 1.22. The van der Waals surface area contributed by atoms with Crippen molar-refractivity contribution in [1.29, 1.82) is 0 Å². The second-order valence-electron chi connectivity index (χ2n) is 3.28. The summed E-state index contributed by atoms with van der Waals surface area (Å²) >= 11 is 15.1. The summed E-state index contributed by atoms with van der Waals surface area (Å²) in [7, 11) is -3.76. The van der Waals surface area contributed by atoms with Crippen LogP contribution in [-0.4, -0.2) is 18.6 Å². The fraction of sp³-hybridized carbons (Fsp3) is 0. The zero-order valence-corrected chi connectivity index (χ0v) is 12.5. The maximum Gasteiger partial charge on any atom is 0.265 e. The van der Waals surface area contributed by atoms with Crippen molar-refractivity contribution < 1.29 is 8.42 Å². The van der Waals surface area contributed by atoms with Crippen LogP contribution in [-0.2, 0) is 10.0 Å². The van der Waals surface area contributed by atoms with Gasteiger partial charge in [-0.3, -0.25) is 9.82 Å². The summed E-state index contributed by atoms with van der Waals surface area (Å²) in [5.74, 6) is 0. The molecule has 0 unspecified atom stereocenters. The minimum absolute atomic E-state index is 0.00227. The van der Waals surface area contributed by atoms with E-state index in [1.165, 1.54) is 12.4 Å². The van der Waals surface area contributed by atoms with E-state index >= 15 is 0 Å². The molecule has 9 heteroatoms. The number of hydrogen-bond acceptors (Lipinski definition) is 3. The van der Waals surface area contributed by atoms with Crippen LogP contribution in [0.2, 0.25) is 10.0 Å². The van der Waals surface area contributed by atoms with E-state index in [1.807, 2.05) is 0 Å². The van der Waals surface area contributed by atoms with Gasteiger partial charge >= 0.3 is 0 Å². The van der Waals surface area contributed by atoms with Gasteiger partial charge in [0.15, 0.2) is 0 Å². The monoisotopic (exact) mass is 369 g/mol. The Hall–Kier alpha value is -0.760. The average Bonchev–Trinajstić information content (AvgIpc) is 2.77. The highest BCUT2D eigenvalue weighted by molar-refractivity contribution is 9.10. The number of nitrogens with zero attached hydrogens (tertiary/aromatic N) is 1. The first kappa shape index (κ1) is 13.7. The van der Waals surface area contributed by atoms with E-state index in [1.54, 1.807) is 12.1 Å². The summed E-state index contributed by atoms with van der Waals surface area (Å²) in [6.45, 7) is 0. The van der Waals surface area contributed by atoms with Crippen LogP contribution in [0.15, 0.2) is 33.9 Å². The molecule has 0 atom stereocenters. The molecule has 0 fully saturated rings. The van der Waals surface area contributed by atoms with Gasteiger partial charge < -0.3 is 0 Å². The summed E-state index contributed by atoms with van der Waals surface area (Å²) in [4.78, 5) is -0.00227.